The van der Waals surface area contributed by atoms with Crippen LogP contribution in [0.1, 0.15) is 15.2 Å². The number of halogens is 1. The average Bonchev–Trinajstić information content (AvgIpc) is 3.00. The third kappa shape index (κ3) is 4.13. The van der Waals surface area contributed by atoms with Crippen molar-refractivity contribution in [3.05, 3.63) is 40.0 Å². The topological polar surface area (TPSA) is 82.6 Å². The number of nitrogens with zero attached hydrogens (tertiary/aromatic N) is 2. The Balaban J connectivity index is 1.98. The van der Waals surface area contributed by atoms with Crippen LogP contribution in [0.2, 0.25) is 5.02 Å². The number of aromatic nitrogens is 2. The first kappa shape index (κ1) is 19.3. The monoisotopic (exact) mass is 407 g/mol. The molecular weight excluding hydrogens is 390 g/mol. The molecule has 0 atom stereocenters. The lowest BCUT2D eigenvalue weighted by Gasteiger charge is -2.12. The number of esters is 1. The first-order chi connectivity index (χ1) is 13.0. The lowest BCUT2D eigenvalue weighted by molar-refractivity contribution is 0.0393. The van der Waals surface area contributed by atoms with Crippen LogP contribution in [0, 0.1) is 6.92 Å². The van der Waals surface area contributed by atoms with Gasteiger partial charge in [0.1, 0.15) is 34.2 Å². The zero-order valence-corrected chi connectivity index (χ0v) is 16.6. The van der Waals surface area contributed by atoms with Gasteiger partial charge in [-0.1, -0.05) is 11.6 Å². The summed E-state index contributed by atoms with van der Waals surface area (Å²) in [5, 5.41) is 4.54. The fraction of sp³-hybridized carbons (Fsp3) is 0.278. The van der Waals surface area contributed by atoms with Gasteiger partial charge in [0.2, 0.25) is 0 Å². The normalized spacial score (nSPS) is 10.8. The molecule has 0 spiro atoms. The summed E-state index contributed by atoms with van der Waals surface area (Å²) in [4.78, 5) is 22.1. The van der Waals surface area contributed by atoms with Gasteiger partial charge >= 0.3 is 5.97 Å². The lowest BCUT2D eigenvalue weighted by atomic mass is 10.2. The van der Waals surface area contributed by atoms with Crippen LogP contribution in [-0.4, -0.2) is 43.4 Å². The van der Waals surface area contributed by atoms with Gasteiger partial charge in [-0.05, 0) is 30.7 Å². The van der Waals surface area contributed by atoms with E-state index in [1.54, 1.807) is 32.4 Å². The second kappa shape index (κ2) is 8.51. The van der Waals surface area contributed by atoms with Gasteiger partial charge in [-0.25, -0.2) is 14.8 Å². The quantitative estimate of drug-likeness (QED) is 0.464. The van der Waals surface area contributed by atoms with Crippen molar-refractivity contribution in [2.45, 2.75) is 6.92 Å². The summed E-state index contributed by atoms with van der Waals surface area (Å²) in [7, 11) is 3.13. The van der Waals surface area contributed by atoms with E-state index < -0.39 is 5.97 Å². The molecule has 2 heterocycles. The molecule has 142 valence electrons. The Morgan fingerprint density at radius 2 is 2.07 bits per heavy atom. The summed E-state index contributed by atoms with van der Waals surface area (Å²) < 4.78 is 15.5. The molecule has 0 bridgehead atoms. The van der Waals surface area contributed by atoms with Crippen LogP contribution < -0.4 is 10.1 Å². The summed E-state index contributed by atoms with van der Waals surface area (Å²) in [5.74, 6) is 0.780. The number of hydrogen-bond acceptors (Lipinski definition) is 8. The van der Waals surface area contributed by atoms with E-state index in [4.69, 9.17) is 25.8 Å². The van der Waals surface area contributed by atoms with Crippen molar-refractivity contribution < 1.29 is 19.0 Å². The van der Waals surface area contributed by atoms with E-state index in [0.717, 1.165) is 10.9 Å². The lowest BCUT2D eigenvalue weighted by Crippen LogP contribution is -2.09. The number of aryl methyl sites for hydroxylation is 1. The molecular formula is C18H18ClN3O4S. The molecule has 27 heavy (non-hydrogen) atoms. The highest BCUT2D eigenvalue weighted by atomic mass is 35.5. The molecule has 2 aromatic heterocycles. The van der Waals surface area contributed by atoms with Crippen molar-refractivity contribution >= 4 is 50.6 Å². The third-order valence-corrected chi connectivity index (χ3v) is 5.26. The highest BCUT2D eigenvalue weighted by molar-refractivity contribution is 7.20. The smallest absolute Gasteiger partial charge is 0.348 e. The molecule has 0 aliphatic rings. The van der Waals surface area contributed by atoms with Gasteiger partial charge in [-0.15, -0.1) is 11.3 Å². The number of methoxy groups -OCH3 is 2. The van der Waals surface area contributed by atoms with Crippen molar-refractivity contribution in [1.82, 2.24) is 9.97 Å². The Morgan fingerprint density at radius 1 is 1.26 bits per heavy atom. The molecule has 0 aliphatic carbocycles. The Hall–Kier alpha value is -2.42. The minimum Gasteiger partial charge on any atom is -0.495 e. The number of benzene rings is 1. The van der Waals surface area contributed by atoms with E-state index in [9.17, 15) is 4.79 Å². The molecule has 3 aromatic rings. The van der Waals surface area contributed by atoms with E-state index >= 15 is 0 Å². The number of rotatable bonds is 7. The van der Waals surface area contributed by atoms with Crippen LogP contribution >= 0.6 is 22.9 Å². The van der Waals surface area contributed by atoms with E-state index in [2.05, 4.69) is 15.3 Å². The molecule has 0 saturated heterocycles. The largest absolute Gasteiger partial charge is 0.495 e. The summed E-state index contributed by atoms with van der Waals surface area (Å²) in [5.41, 5.74) is 1.42. The van der Waals surface area contributed by atoms with Gasteiger partial charge in [0.05, 0.1) is 24.8 Å². The minimum atomic E-state index is -0.404. The van der Waals surface area contributed by atoms with Crippen LogP contribution in [0.15, 0.2) is 24.5 Å². The number of carbonyl (C=O) groups excluding carboxylic acids is 1. The molecule has 1 N–H and O–H groups in total. The van der Waals surface area contributed by atoms with Crippen molar-refractivity contribution in [2.75, 3.05) is 32.8 Å². The Kier molecular flexibility index (Phi) is 6.10. The maximum absolute atomic E-state index is 12.4. The first-order valence-electron chi connectivity index (χ1n) is 8.06. The van der Waals surface area contributed by atoms with Crippen LogP contribution in [0.5, 0.6) is 5.75 Å². The predicted octanol–water partition coefficient (Wildman–Crippen LogP) is 4.21. The van der Waals surface area contributed by atoms with Crippen LogP contribution in [0.4, 0.5) is 11.5 Å². The number of anilines is 2. The molecule has 0 aliphatic heterocycles. The van der Waals surface area contributed by atoms with E-state index in [0.29, 0.717) is 38.6 Å². The van der Waals surface area contributed by atoms with Gasteiger partial charge in [0.15, 0.2) is 0 Å². The summed E-state index contributed by atoms with van der Waals surface area (Å²) in [6, 6.07) is 5.25. The Morgan fingerprint density at radius 3 is 2.81 bits per heavy atom. The van der Waals surface area contributed by atoms with Crippen molar-refractivity contribution in [3.8, 4) is 5.75 Å². The molecule has 7 nitrogen and oxygen atoms in total. The van der Waals surface area contributed by atoms with Crippen LogP contribution in [0.3, 0.4) is 0 Å². The van der Waals surface area contributed by atoms with Crippen LogP contribution in [-0.2, 0) is 9.47 Å². The molecule has 9 heteroatoms. The van der Waals surface area contributed by atoms with Gasteiger partial charge in [-0.3, -0.25) is 0 Å². The number of hydrogen-bond donors (Lipinski definition) is 1. The second-order valence-corrected chi connectivity index (χ2v) is 6.99. The third-order valence-electron chi connectivity index (χ3n) is 3.85. The van der Waals surface area contributed by atoms with Gasteiger partial charge < -0.3 is 19.5 Å². The molecule has 3 rings (SSSR count). The van der Waals surface area contributed by atoms with Crippen LogP contribution in [0.25, 0.3) is 10.2 Å². The zero-order chi connectivity index (χ0) is 19.4. The molecule has 0 radical (unpaired) electrons. The maximum Gasteiger partial charge on any atom is 0.348 e. The predicted molar refractivity (Wildman–Crippen MR) is 106 cm³/mol. The van der Waals surface area contributed by atoms with Crippen molar-refractivity contribution in [3.63, 3.8) is 0 Å². The van der Waals surface area contributed by atoms with E-state index in [-0.39, 0.29) is 6.61 Å². The summed E-state index contributed by atoms with van der Waals surface area (Å²) in [6.45, 7) is 2.38. The van der Waals surface area contributed by atoms with Crippen molar-refractivity contribution in [1.29, 1.82) is 0 Å². The maximum atomic E-state index is 12.4. The van der Waals surface area contributed by atoms with E-state index in [1.807, 2.05) is 6.92 Å². The van der Waals surface area contributed by atoms with Gasteiger partial charge in [-0.2, -0.15) is 0 Å². The average molecular weight is 408 g/mol. The molecule has 0 unspecified atom stereocenters. The first-order valence-corrected chi connectivity index (χ1v) is 9.25. The summed E-state index contributed by atoms with van der Waals surface area (Å²) in [6.07, 6.45) is 1.44. The fourth-order valence-corrected chi connectivity index (χ4v) is 3.76. The number of fused-ring (bicyclic) bond motifs is 1. The summed E-state index contributed by atoms with van der Waals surface area (Å²) >= 11 is 7.36. The van der Waals surface area contributed by atoms with Crippen molar-refractivity contribution in [2.24, 2.45) is 0 Å². The molecule has 0 amide bonds. The minimum absolute atomic E-state index is 0.194. The highest BCUT2D eigenvalue weighted by Crippen LogP contribution is 2.37. The molecule has 1 aromatic carbocycles. The fourth-order valence-electron chi connectivity index (χ4n) is 2.55. The number of thiophene rings is 1. The highest BCUT2D eigenvalue weighted by Gasteiger charge is 2.21. The molecule has 0 fully saturated rings. The SMILES string of the molecule is COCCOC(=O)c1sc2ncnc(Nc3cc(Cl)ccc3OC)c2c1C. The number of carbonyl (C=O) groups is 1. The second-order valence-electron chi connectivity index (χ2n) is 5.56. The number of nitrogens with one attached hydrogen (secondary N) is 1. The Bertz CT molecular complexity index is 977. The molecule has 0 saturated carbocycles. The Labute approximate surface area is 165 Å². The van der Waals surface area contributed by atoms with Gasteiger partial charge in [0, 0.05) is 12.1 Å². The zero-order valence-electron chi connectivity index (χ0n) is 15.0. The number of ether oxygens (including phenoxy) is 3. The van der Waals surface area contributed by atoms with E-state index in [1.165, 1.54) is 17.7 Å². The standard InChI is InChI=1S/C18H18ClN3O4S/c1-10-14-16(22-12-8-11(19)4-5-13(12)25-3)20-9-21-17(14)27-15(10)18(23)26-7-6-24-2/h4-5,8-9H,6-7H2,1-3H3,(H,20,21,22). The van der Waals surface area contributed by atoms with Gasteiger partial charge in [0.25, 0.3) is 0 Å².